The zero-order valence-electron chi connectivity index (χ0n) is 14.8. The highest BCUT2D eigenvalue weighted by atomic mass is 32.1. The molecule has 1 aliphatic heterocycles. The van der Waals surface area contributed by atoms with E-state index in [4.69, 9.17) is 4.98 Å². The smallest absolute Gasteiger partial charge is 0.265 e. The number of amides is 1. The fraction of sp³-hybridized carbons (Fsp3) is 0.368. The predicted octanol–water partition coefficient (Wildman–Crippen LogP) is 1.94. The van der Waals surface area contributed by atoms with Gasteiger partial charge in [0.1, 0.15) is 0 Å². The van der Waals surface area contributed by atoms with E-state index in [0.29, 0.717) is 6.54 Å². The van der Waals surface area contributed by atoms with Gasteiger partial charge in [0, 0.05) is 37.6 Å². The van der Waals surface area contributed by atoms with Gasteiger partial charge < -0.3 is 4.90 Å². The van der Waals surface area contributed by atoms with Gasteiger partial charge in [0.25, 0.3) is 11.1 Å². The van der Waals surface area contributed by atoms with Gasteiger partial charge in [-0.05, 0) is 25.0 Å². The van der Waals surface area contributed by atoms with E-state index in [1.165, 1.54) is 21.5 Å². The summed E-state index contributed by atoms with van der Waals surface area (Å²) in [5.41, 5.74) is 0.345. The van der Waals surface area contributed by atoms with Crippen LogP contribution in [0.15, 0.2) is 46.0 Å². The van der Waals surface area contributed by atoms with E-state index in [-0.39, 0.29) is 35.9 Å². The number of likely N-dealkylation sites (tertiary alicyclic amines) is 1. The van der Waals surface area contributed by atoms with E-state index in [9.17, 15) is 14.4 Å². The number of nitrogens with zero attached hydrogens (tertiary/aromatic N) is 3. The Kier molecular flexibility index (Phi) is 4.89. The number of carbonyl (C=O) groups excluding carboxylic acids is 1. The molecule has 0 spiro atoms. The Morgan fingerprint density at radius 1 is 1.22 bits per heavy atom. The molecule has 1 N–H and O–H groups in total. The number of hydrogen-bond donors (Lipinski definition) is 1. The molecular formula is C19H20N4O3S. The quantitative estimate of drug-likeness (QED) is 0.745. The molecule has 3 heterocycles. The van der Waals surface area contributed by atoms with Gasteiger partial charge in [0.2, 0.25) is 5.91 Å². The van der Waals surface area contributed by atoms with Crippen molar-refractivity contribution in [2.45, 2.75) is 31.7 Å². The molecule has 1 saturated heterocycles. The van der Waals surface area contributed by atoms with Crippen molar-refractivity contribution < 1.29 is 4.79 Å². The summed E-state index contributed by atoms with van der Waals surface area (Å²) in [7, 11) is 0. The first-order valence-electron chi connectivity index (χ1n) is 9.03. The molecule has 0 bridgehead atoms. The molecule has 7 nitrogen and oxygen atoms in total. The van der Waals surface area contributed by atoms with Crippen LogP contribution in [0, 0.1) is 0 Å². The number of thiazole rings is 1. The van der Waals surface area contributed by atoms with Crippen molar-refractivity contribution in [3.05, 3.63) is 62.1 Å². The molecule has 1 amide bonds. The Morgan fingerprint density at radius 2 is 2.07 bits per heavy atom. The van der Waals surface area contributed by atoms with Crippen molar-refractivity contribution in [1.82, 2.24) is 19.7 Å². The third kappa shape index (κ3) is 3.85. The number of hydrogen-bond acceptors (Lipinski definition) is 5. The van der Waals surface area contributed by atoms with Gasteiger partial charge in [0.05, 0.1) is 21.8 Å². The molecule has 27 heavy (non-hydrogen) atoms. The fourth-order valence-electron chi connectivity index (χ4n) is 3.46. The van der Waals surface area contributed by atoms with E-state index in [0.717, 1.165) is 29.9 Å². The van der Waals surface area contributed by atoms with E-state index in [1.807, 2.05) is 23.1 Å². The summed E-state index contributed by atoms with van der Waals surface area (Å²) in [6, 6.07) is 10.5. The summed E-state index contributed by atoms with van der Waals surface area (Å²) in [6.07, 6.45) is 2.15. The van der Waals surface area contributed by atoms with E-state index in [1.54, 1.807) is 11.3 Å². The summed E-state index contributed by atoms with van der Waals surface area (Å²) >= 11 is 1.70. The highest BCUT2D eigenvalue weighted by molar-refractivity contribution is 7.18. The maximum absolute atomic E-state index is 12.6. The number of para-hydroxylation sites is 1. The third-order valence-corrected chi connectivity index (χ3v) is 6.07. The summed E-state index contributed by atoms with van der Waals surface area (Å²) in [5, 5.41) is 3.53. The molecule has 3 aromatic rings. The highest BCUT2D eigenvalue weighted by Gasteiger charge is 2.26. The molecule has 0 saturated carbocycles. The largest absolute Gasteiger partial charge is 0.342 e. The SMILES string of the molecule is O=C(CCn1[nH]c(=O)ccc1=O)N1CCCC(c2nc3ccccc3s2)C1. The van der Waals surface area contributed by atoms with Crippen LogP contribution >= 0.6 is 11.3 Å². The second kappa shape index (κ2) is 7.48. The normalized spacial score (nSPS) is 17.3. The van der Waals surface area contributed by atoms with Crippen LogP contribution in [0.5, 0.6) is 0 Å². The minimum Gasteiger partial charge on any atom is -0.342 e. The Morgan fingerprint density at radius 3 is 2.93 bits per heavy atom. The third-order valence-electron chi connectivity index (χ3n) is 4.87. The lowest BCUT2D eigenvalue weighted by atomic mass is 9.98. The van der Waals surface area contributed by atoms with Crippen molar-refractivity contribution in [2.75, 3.05) is 13.1 Å². The number of aryl methyl sites for hydroxylation is 1. The number of carbonyl (C=O) groups is 1. The van der Waals surface area contributed by atoms with Gasteiger partial charge in [0.15, 0.2) is 0 Å². The lowest BCUT2D eigenvalue weighted by molar-refractivity contribution is -0.132. The zero-order valence-corrected chi connectivity index (χ0v) is 15.6. The van der Waals surface area contributed by atoms with Crippen LogP contribution in [0.25, 0.3) is 10.2 Å². The van der Waals surface area contributed by atoms with Crippen LogP contribution in [-0.4, -0.2) is 38.7 Å². The standard InChI is InChI=1S/C19H20N4O3S/c24-16-7-8-18(26)23(21-16)11-9-17(25)22-10-3-4-13(12-22)19-20-14-5-1-2-6-15(14)27-19/h1-2,5-8,13H,3-4,9-12H2,(H,21,24). The van der Waals surface area contributed by atoms with Crippen molar-refractivity contribution in [2.24, 2.45) is 0 Å². The molecule has 2 aromatic heterocycles. The summed E-state index contributed by atoms with van der Waals surface area (Å²) in [4.78, 5) is 42.3. The molecule has 0 radical (unpaired) electrons. The van der Waals surface area contributed by atoms with E-state index in [2.05, 4.69) is 11.2 Å². The predicted molar refractivity (Wildman–Crippen MR) is 104 cm³/mol. The lowest BCUT2D eigenvalue weighted by Crippen LogP contribution is -2.40. The number of benzene rings is 1. The fourth-order valence-corrected chi connectivity index (χ4v) is 4.56. The van der Waals surface area contributed by atoms with Crippen LogP contribution in [0.3, 0.4) is 0 Å². The van der Waals surface area contributed by atoms with Crippen LogP contribution < -0.4 is 11.1 Å². The van der Waals surface area contributed by atoms with Crippen molar-refractivity contribution >= 4 is 27.5 Å². The molecule has 140 valence electrons. The topological polar surface area (TPSA) is 88.1 Å². The molecule has 0 aliphatic carbocycles. The van der Waals surface area contributed by atoms with Gasteiger partial charge in [-0.3, -0.25) is 19.5 Å². The number of aromatic nitrogens is 3. The van der Waals surface area contributed by atoms with E-state index >= 15 is 0 Å². The molecule has 4 rings (SSSR count). The van der Waals surface area contributed by atoms with Crippen molar-refractivity contribution in [1.29, 1.82) is 0 Å². The van der Waals surface area contributed by atoms with Crippen molar-refractivity contribution in [3.8, 4) is 0 Å². The molecule has 1 aliphatic rings. The number of piperidine rings is 1. The first-order chi connectivity index (χ1) is 13.1. The van der Waals surface area contributed by atoms with Gasteiger partial charge in [-0.25, -0.2) is 9.67 Å². The van der Waals surface area contributed by atoms with Gasteiger partial charge in [-0.2, -0.15) is 0 Å². The van der Waals surface area contributed by atoms with Gasteiger partial charge >= 0.3 is 0 Å². The average Bonchev–Trinajstić information content (AvgIpc) is 3.13. The summed E-state index contributed by atoms with van der Waals surface area (Å²) in [5.74, 6) is 0.247. The molecule has 1 unspecified atom stereocenters. The van der Waals surface area contributed by atoms with E-state index < -0.39 is 0 Å². The molecule has 8 heteroatoms. The Balaban J connectivity index is 1.43. The maximum atomic E-state index is 12.6. The number of rotatable bonds is 4. The summed E-state index contributed by atoms with van der Waals surface area (Å²) < 4.78 is 2.36. The van der Waals surface area contributed by atoms with Crippen LogP contribution in [0.2, 0.25) is 0 Å². The zero-order chi connectivity index (χ0) is 18.8. The Labute approximate surface area is 159 Å². The van der Waals surface area contributed by atoms with Crippen LogP contribution in [0.4, 0.5) is 0 Å². The molecule has 1 atom stereocenters. The van der Waals surface area contributed by atoms with Gasteiger partial charge in [-0.1, -0.05) is 12.1 Å². The minimum atomic E-state index is -0.351. The average molecular weight is 384 g/mol. The highest BCUT2D eigenvalue weighted by Crippen LogP contribution is 2.33. The maximum Gasteiger partial charge on any atom is 0.265 e. The second-order valence-electron chi connectivity index (χ2n) is 6.75. The van der Waals surface area contributed by atoms with Gasteiger partial charge in [-0.15, -0.1) is 11.3 Å². The Bertz CT molecular complexity index is 1050. The molecule has 1 aromatic carbocycles. The molecule has 1 fully saturated rings. The summed E-state index contributed by atoms with van der Waals surface area (Å²) in [6.45, 7) is 1.55. The second-order valence-corrected chi connectivity index (χ2v) is 7.81. The monoisotopic (exact) mass is 384 g/mol. The molecular weight excluding hydrogens is 364 g/mol. The first-order valence-corrected chi connectivity index (χ1v) is 9.85. The minimum absolute atomic E-state index is 0.00240. The first kappa shape index (κ1) is 17.7. The number of nitrogens with one attached hydrogen (secondary N) is 1. The number of fused-ring (bicyclic) bond motifs is 1. The van der Waals surface area contributed by atoms with Crippen LogP contribution in [0.1, 0.15) is 30.2 Å². The number of aromatic amines is 1. The number of H-pyrrole nitrogens is 1. The lowest BCUT2D eigenvalue weighted by Gasteiger charge is -2.32. The van der Waals surface area contributed by atoms with Crippen molar-refractivity contribution in [3.63, 3.8) is 0 Å². The van der Waals surface area contributed by atoms with Crippen LogP contribution in [-0.2, 0) is 11.3 Å². The Hall–Kier alpha value is -2.74.